The summed E-state index contributed by atoms with van der Waals surface area (Å²) in [7, 11) is 0. The first-order chi connectivity index (χ1) is 14.2. The first kappa shape index (κ1) is 37.8. The Kier molecular flexibility index (Phi) is 19.1. The molecular formula is C34H47Hf-7. The SMILES string of the molecule is CCC1(CC)Cc2cc3cc[c-](CCc4ccccc4)c3cc2C1.[CH3-].[CH3-].[CH3-].[CH3-].[CH3-].[Hf].c1cc[cH-]c1. The summed E-state index contributed by atoms with van der Waals surface area (Å²) in [6.07, 6.45) is 7.40. The third-order valence-electron chi connectivity index (χ3n) is 6.89. The average molecular weight is 634 g/mol. The van der Waals surface area contributed by atoms with Crippen molar-refractivity contribution in [2.75, 3.05) is 0 Å². The molecule has 5 rings (SSSR count). The van der Waals surface area contributed by atoms with Crippen molar-refractivity contribution in [3.63, 3.8) is 0 Å². The molecule has 0 fully saturated rings. The van der Waals surface area contributed by atoms with Crippen LogP contribution in [0.25, 0.3) is 10.8 Å². The van der Waals surface area contributed by atoms with Crippen molar-refractivity contribution in [3.8, 4) is 0 Å². The largest absolute Gasteiger partial charge is 0.358 e. The van der Waals surface area contributed by atoms with Crippen LogP contribution >= 0.6 is 0 Å². The molecule has 35 heavy (non-hydrogen) atoms. The molecule has 0 saturated carbocycles. The van der Waals surface area contributed by atoms with E-state index in [0.717, 1.165) is 12.8 Å². The second-order valence-electron chi connectivity index (χ2n) is 8.58. The Balaban J connectivity index is -0.000000839. The summed E-state index contributed by atoms with van der Waals surface area (Å²) in [6, 6.07) is 30.5. The Morgan fingerprint density at radius 2 is 1.34 bits per heavy atom. The molecule has 4 aromatic carbocycles. The van der Waals surface area contributed by atoms with Gasteiger partial charge in [-0.1, -0.05) is 61.7 Å². The van der Waals surface area contributed by atoms with Crippen molar-refractivity contribution in [1.29, 1.82) is 0 Å². The van der Waals surface area contributed by atoms with Gasteiger partial charge in [0, 0.05) is 25.8 Å². The van der Waals surface area contributed by atoms with Crippen LogP contribution in [-0.2, 0) is 51.5 Å². The van der Waals surface area contributed by atoms with E-state index in [1.54, 1.807) is 11.1 Å². The minimum atomic E-state index is 0. The van der Waals surface area contributed by atoms with Gasteiger partial charge in [-0.05, 0) is 43.1 Å². The summed E-state index contributed by atoms with van der Waals surface area (Å²) >= 11 is 0. The summed E-state index contributed by atoms with van der Waals surface area (Å²) in [4.78, 5) is 0. The van der Waals surface area contributed by atoms with Crippen LogP contribution in [0.15, 0.2) is 84.9 Å². The summed E-state index contributed by atoms with van der Waals surface area (Å²) in [6.45, 7) is 4.72. The molecule has 0 bridgehead atoms. The molecule has 0 spiro atoms. The third kappa shape index (κ3) is 9.02. The molecule has 1 heteroatoms. The maximum absolute atomic E-state index is 2.51. The summed E-state index contributed by atoms with van der Waals surface area (Å²) in [5, 5.41) is 2.94. The maximum atomic E-state index is 2.51. The fraction of sp³-hybridized carbons (Fsp3) is 0.265. The van der Waals surface area contributed by atoms with Crippen LogP contribution in [0.5, 0.6) is 0 Å². The molecule has 4 aromatic rings. The van der Waals surface area contributed by atoms with E-state index < -0.39 is 0 Å². The van der Waals surface area contributed by atoms with Crippen LogP contribution in [-0.4, -0.2) is 0 Å². The van der Waals surface area contributed by atoms with Crippen LogP contribution in [0.2, 0.25) is 0 Å². The van der Waals surface area contributed by atoms with Crippen molar-refractivity contribution >= 4 is 10.8 Å². The topological polar surface area (TPSA) is 0 Å². The number of benzene rings is 2. The zero-order valence-electron chi connectivity index (χ0n) is 23.3. The van der Waals surface area contributed by atoms with E-state index in [1.807, 2.05) is 30.3 Å². The summed E-state index contributed by atoms with van der Waals surface area (Å²) in [5.41, 5.74) is 6.68. The van der Waals surface area contributed by atoms with E-state index in [-0.39, 0.29) is 63.0 Å². The van der Waals surface area contributed by atoms with Gasteiger partial charge in [0.1, 0.15) is 0 Å². The minimum Gasteiger partial charge on any atom is -0.358 e. The molecule has 0 heterocycles. The second-order valence-corrected chi connectivity index (χ2v) is 8.58. The van der Waals surface area contributed by atoms with Gasteiger partial charge in [-0.3, -0.25) is 0 Å². The molecule has 0 amide bonds. The Morgan fingerprint density at radius 3 is 1.86 bits per heavy atom. The molecule has 1 aliphatic rings. The Labute approximate surface area is 237 Å². The van der Waals surface area contributed by atoms with Gasteiger partial charge in [-0.25, -0.2) is 12.1 Å². The zero-order valence-corrected chi connectivity index (χ0v) is 26.9. The van der Waals surface area contributed by atoms with Crippen molar-refractivity contribution in [2.24, 2.45) is 5.41 Å². The van der Waals surface area contributed by atoms with Crippen molar-refractivity contribution in [1.82, 2.24) is 0 Å². The second kappa shape index (κ2) is 17.7. The van der Waals surface area contributed by atoms with Crippen molar-refractivity contribution in [3.05, 3.63) is 144 Å². The van der Waals surface area contributed by atoms with Gasteiger partial charge in [0.2, 0.25) is 0 Å². The van der Waals surface area contributed by atoms with Gasteiger partial charge < -0.3 is 37.1 Å². The number of hydrogen-bond donors (Lipinski definition) is 0. The molecule has 1 aliphatic carbocycles. The van der Waals surface area contributed by atoms with Crippen molar-refractivity contribution < 1.29 is 25.8 Å². The van der Waals surface area contributed by atoms with E-state index in [1.165, 1.54) is 47.6 Å². The average Bonchev–Trinajstić information content (AvgIpc) is 3.52. The number of fused-ring (bicyclic) bond motifs is 2. The van der Waals surface area contributed by atoms with Gasteiger partial charge in [-0.2, -0.15) is 24.3 Å². The fourth-order valence-corrected chi connectivity index (χ4v) is 4.82. The molecule has 0 radical (unpaired) electrons. The predicted octanol–water partition coefficient (Wildman–Crippen LogP) is 9.90. The summed E-state index contributed by atoms with van der Waals surface area (Å²) < 4.78 is 0. The standard InChI is InChI=1S/C24H27.C5H5.5CH3.Hf/c1-3-24(4-2)16-21-14-20-13-12-19(23(20)15-22(21)17-24)11-10-18-8-6-5-7-9-18;1-2-4-5-3-1;;;;;;/h5-9,12-15H,3-4,10-11,16-17H2,1-2H3;1-5H;5*1H3;/q7*-1;. The number of hydrogen-bond acceptors (Lipinski definition) is 0. The fourth-order valence-electron chi connectivity index (χ4n) is 4.82. The van der Waals surface area contributed by atoms with Gasteiger partial charge >= 0.3 is 0 Å². The molecular weight excluding hydrogens is 587 g/mol. The molecule has 0 N–H and O–H groups in total. The normalized spacial score (nSPS) is 11.9. The van der Waals surface area contributed by atoms with Crippen LogP contribution < -0.4 is 0 Å². The number of rotatable bonds is 5. The first-order valence-corrected chi connectivity index (χ1v) is 11.1. The molecule has 194 valence electrons. The quantitative estimate of drug-likeness (QED) is 0.152. The summed E-state index contributed by atoms with van der Waals surface area (Å²) in [5.74, 6) is 0. The maximum Gasteiger partial charge on any atom is 0 e. The van der Waals surface area contributed by atoms with Crippen LogP contribution in [0.4, 0.5) is 0 Å². The van der Waals surface area contributed by atoms with E-state index in [9.17, 15) is 0 Å². The third-order valence-corrected chi connectivity index (χ3v) is 6.89. The van der Waals surface area contributed by atoms with Gasteiger partial charge in [0.05, 0.1) is 0 Å². The van der Waals surface area contributed by atoms with Crippen molar-refractivity contribution in [2.45, 2.75) is 52.4 Å². The van der Waals surface area contributed by atoms with Gasteiger partial charge in [0.25, 0.3) is 0 Å². The number of aryl methyl sites for hydroxylation is 2. The predicted molar refractivity (Wildman–Crippen MR) is 158 cm³/mol. The Bertz CT molecular complexity index is 1000. The zero-order chi connectivity index (χ0) is 20.1. The van der Waals surface area contributed by atoms with E-state index in [4.69, 9.17) is 0 Å². The Hall–Kier alpha value is -1.73. The monoisotopic (exact) mass is 635 g/mol. The van der Waals surface area contributed by atoms with Crippen LogP contribution in [0.1, 0.15) is 48.9 Å². The molecule has 0 aromatic heterocycles. The van der Waals surface area contributed by atoms with E-state index in [2.05, 4.69) is 68.4 Å². The van der Waals surface area contributed by atoms with E-state index >= 15 is 0 Å². The van der Waals surface area contributed by atoms with Gasteiger partial charge in [-0.15, -0.1) is 34.5 Å². The molecule has 0 unspecified atom stereocenters. The van der Waals surface area contributed by atoms with Crippen LogP contribution in [0, 0.1) is 42.5 Å². The molecule has 0 aliphatic heterocycles. The minimum absolute atomic E-state index is 0. The molecule has 0 atom stereocenters. The Morgan fingerprint density at radius 1 is 0.771 bits per heavy atom. The molecule has 0 nitrogen and oxygen atoms in total. The smallest absolute Gasteiger partial charge is 0 e. The van der Waals surface area contributed by atoms with Gasteiger partial charge in [0.15, 0.2) is 0 Å². The van der Waals surface area contributed by atoms with E-state index in [0.29, 0.717) is 5.41 Å². The van der Waals surface area contributed by atoms with Crippen LogP contribution in [0.3, 0.4) is 0 Å². The molecule has 0 saturated heterocycles. The first-order valence-electron chi connectivity index (χ1n) is 11.1.